The summed E-state index contributed by atoms with van der Waals surface area (Å²) >= 11 is 0. The molecule has 0 spiro atoms. The van der Waals surface area contributed by atoms with Gasteiger partial charge in [0.05, 0.1) is 0 Å². The summed E-state index contributed by atoms with van der Waals surface area (Å²) in [5.41, 5.74) is 2.55. The number of aromatic nitrogens is 1. The van der Waals surface area contributed by atoms with Crippen molar-refractivity contribution in [2.45, 2.75) is 0 Å². The van der Waals surface area contributed by atoms with Crippen molar-refractivity contribution in [1.29, 1.82) is 0 Å². The number of carbonyl (C=O) groups excluding carboxylic acids is 3. The first-order valence-corrected chi connectivity index (χ1v) is 11.4. The van der Waals surface area contributed by atoms with Crippen molar-refractivity contribution in [3.8, 4) is 0 Å². The highest BCUT2D eigenvalue weighted by Crippen LogP contribution is 2.14. The fourth-order valence-corrected chi connectivity index (χ4v) is 3.33. The summed E-state index contributed by atoms with van der Waals surface area (Å²) in [6, 6.07) is 24.0. The van der Waals surface area contributed by atoms with Gasteiger partial charge in [-0.2, -0.15) is 0 Å². The highest BCUT2D eigenvalue weighted by molar-refractivity contribution is 6.11. The predicted molar refractivity (Wildman–Crippen MR) is 141 cm³/mol. The molecule has 182 valence electrons. The number of nitrogens with one attached hydrogen (secondary N) is 2. The molecule has 0 aliphatic carbocycles. The van der Waals surface area contributed by atoms with Crippen molar-refractivity contribution >= 4 is 35.4 Å². The number of hydrogen-bond acceptors (Lipinski definition) is 4. The Labute approximate surface area is 213 Å². The van der Waals surface area contributed by atoms with Crippen molar-refractivity contribution in [2.75, 3.05) is 5.32 Å². The van der Waals surface area contributed by atoms with Gasteiger partial charge in [-0.1, -0.05) is 36.4 Å². The molecule has 3 aromatic carbocycles. The molecule has 0 unspecified atom stereocenters. The van der Waals surface area contributed by atoms with E-state index in [1.807, 2.05) is 6.07 Å². The second-order valence-corrected chi connectivity index (χ2v) is 7.95. The molecule has 0 aliphatic rings. The average Bonchev–Trinajstić information content (AvgIpc) is 2.94. The van der Waals surface area contributed by atoms with Crippen molar-refractivity contribution in [3.05, 3.63) is 143 Å². The van der Waals surface area contributed by atoms with E-state index in [0.717, 1.165) is 5.56 Å². The molecule has 6 nitrogen and oxygen atoms in total. The van der Waals surface area contributed by atoms with E-state index in [1.54, 1.807) is 79.1 Å². The zero-order chi connectivity index (χ0) is 26.0. The molecular weight excluding hydrogens is 469 g/mol. The van der Waals surface area contributed by atoms with Crippen LogP contribution >= 0.6 is 0 Å². The van der Waals surface area contributed by atoms with Crippen LogP contribution in [0.25, 0.3) is 12.2 Å². The molecule has 1 aromatic heterocycles. The van der Waals surface area contributed by atoms with Gasteiger partial charge in [-0.15, -0.1) is 0 Å². The number of carbonyl (C=O) groups is 3. The molecule has 0 aliphatic heterocycles. The van der Waals surface area contributed by atoms with Crippen LogP contribution < -0.4 is 10.6 Å². The highest BCUT2D eigenvalue weighted by Gasteiger charge is 2.15. The molecule has 4 aromatic rings. The molecule has 37 heavy (non-hydrogen) atoms. The molecule has 1 heterocycles. The van der Waals surface area contributed by atoms with Gasteiger partial charge in [0.25, 0.3) is 11.8 Å². The smallest absolute Gasteiger partial charge is 0.272 e. The Balaban J connectivity index is 1.49. The Morgan fingerprint density at radius 2 is 1.49 bits per heavy atom. The van der Waals surface area contributed by atoms with Crippen LogP contribution in [0.2, 0.25) is 0 Å². The molecule has 0 saturated carbocycles. The van der Waals surface area contributed by atoms with E-state index >= 15 is 0 Å². The summed E-state index contributed by atoms with van der Waals surface area (Å²) in [5, 5.41) is 5.35. The average molecular weight is 492 g/mol. The first-order chi connectivity index (χ1) is 18.0. The zero-order valence-corrected chi connectivity index (χ0v) is 19.6. The SMILES string of the molecule is O=C(Nc1ccc(C(=O)/C=C/c2cccnc2)cc1)/C(=C/c1ccc(F)cc1)NC(=O)c1ccccc1. The maximum absolute atomic E-state index is 13.3. The summed E-state index contributed by atoms with van der Waals surface area (Å²) < 4.78 is 13.3. The van der Waals surface area contributed by atoms with E-state index < -0.39 is 17.6 Å². The highest BCUT2D eigenvalue weighted by atomic mass is 19.1. The third kappa shape index (κ3) is 7.16. The summed E-state index contributed by atoms with van der Waals surface area (Å²) in [6.45, 7) is 0. The van der Waals surface area contributed by atoms with E-state index in [9.17, 15) is 18.8 Å². The van der Waals surface area contributed by atoms with Gasteiger partial charge in [-0.3, -0.25) is 19.4 Å². The number of allylic oxidation sites excluding steroid dienone is 1. The number of amides is 2. The maximum atomic E-state index is 13.3. The minimum Gasteiger partial charge on any atom is -0.321 e. The number of anilines is 1. The van der Waals surface area contributed by atoms with Gasteiger partial charge in [0.2, 0.25) is 0 Å². The van der Waals surface area contributed by atoms with Crippen LogP contribution in [-0.2, 0) is 4.79 Å². The Morgan fingerprint density at radius 1 is 0.757 bits per heavy atom. The van der Waals surface area contributed by atoms with E-state index in [2.05, 4.69) is 15.6 Å². The van der Waals surface area contributed by atoms with Crippen molar-refractivity contribution in [1.82, 2.24) is 10.3 Å². The summed E-state index contributed by atoms with van der Waals surface area (Å²) in [7, 11) is 0. The lowest BCUT2D eigenvalue weighted by Crippen LogP contribution is -2.30. The normalized spacial score (nSPS) is 11.2. The topological polar surface area (TPSA) is 88.2 Å². The molecule has 0 fully saturated rings. The molecule has 2 amide bonds. The van der Waals surface area contributed by atoms with Crippen LogP contribution in [0.4, 0.5) is 10.1 Å². The third-order valence-corrected chi connectivity index (χ3v) is 5.25. The number of hydrogen-bond donors (Lipinski definition) is 2. The Kier molecular flexibility index (Phi) is 8.08. The molecule has 7 heteroatoms. The number of benzene rings is 3. The number of rotatable bonds is 8. The van der Waals surface area contributed by atoms with Gasteiger partial charge < -0.3 is 10.6 Å². The molecule has 2 N–H and O–H groups in total. The Morgan fingerprint density at radius 3 is 2.16 bits per heavy atom. The number of ketones is 1. The fourth-order valence-electron chi connectivity index (χ4n) is 3.33. The standard InChI is InChI=1S/C30H22FN3O3/c31-25-13-8-21(9-14-25)19-27(34-29(36)24-6-2-1-3-7-24)30(37)33-26-15-11-23(12-16-26)28(35)17-10-22-5-4-18-32-20-22/h1-20H,(H,33,37)(H,34,36)/b17-10+,27-19-. The maximum Gasteiger partial charge on any atom is 0.272 e. The monoisotopic (exact) mass is 491 g/mol. The lowest BCUT2D eigenvalue weighted by molar-refractivity contribution is -0.113. The minimum atomic E-state index is -0.579. The first-order valence-electron chi connectivity index (χ1n) is 11.4. The predicted octanol–water partition coefficient (Wildman–Crippen LogP) is 5.53. The molecule has 0 bridgehead atoms. The van der Waals surface area contributed by atoms with E-state index in [4.69, 9.17) is 0 Å². The zero-order valence-electron chi connectivity index (χ0n) is 19.6. The second kappa shape index (κ2) is 12.0. The van der Waals surface area contributed by atoms with Gasteiger partial charge in [0.15, 0.2) is 5.78 Å². The van der Waals surface area contributed by atoms with E-state index in [1.165, 1.54) is 36.4 Å². The van der Waals surface area contributed by atoms with Gasteiger partial charge in [0, 0.05) is 29.2 Å². The summed E-state index contributed by atoms with van der Waals surface area (Å²) in [5.74, 6) is -1.66. The first kappa shape index (κ1) is 24.9. The quantitative estimate of drug-likeness (QED) is 0.251. The van der Waals surface area contributed by atoms with Crippen LogP contribution in [0.15, 0.2) is 115 Å². The third-order valence-electron chi connectivity index (χ3n) is 5.25. The molecular formula is C30H22FN3O3. The summed E-state index contributed by atoms with van der Waals surface area (Å²) in [4.78, 5) is 42.2. The van der Waals surface area contributed by atoms with Crippen molar-refractivity contribution < 1.29 is 18.8 Å². The van der Waals surface area contributed by atoms with Crippen LogP contribution in [-0.4, -0.2) is 22.6 Å². The second-order valence-electron chi connectivity index (χ2n) is 7.95. The van der Waals surface area contributed by atoms with Crippen LogP contribution in [0.1, 0.15) is 31.8 Å². The van der Waals surface area contributed by atoms with Crippen molar-refractivity contribution in [2.24, 2.45) is 0 Å². The van der Waals surface area contributed by atoms with E-state index in [0.29, 0.717) is 22.4 Å². The fraction of sp³-hybridized carbons (Fsp3) is 0. The molecule has 0 radical (unpaired) electrons. The minimum absolute atomic E-state index is 0.0278. The van der Waals surface area contributed by atoms with Gasteiger partial charge in [0.1, 0.15) is 11.5 Å². The molecule has 0 atom stereocenters. The van der Waals surface area contributed by atoms with Gasteiger partial charge in [-0.05, 0) is 84.0 Å². The number of nitrogens with zero attached hydrogens (tertiary/aromatic N) is 1. The van der Waals surface area contributed by atoms with Crippen LogP contribution in [0, 0.1) is 5.82 Å². The summed E-state index contributed by atoms with van der Waals surface area (Å²) in [6.07, 6.45) is 7.88. The van der Waals surface area contributed by atoms with Gasteiger partial charge in [-0.25, -0.2) is 4.39 Å². The number of pyridine rings is 1. The Hall–Kier alpha value is -5.17. The van der Waals surface area contributed by atoms with Crippen LogP contribution in [0.5, 0.6) is 0 Å². The van der Waals surface area contributed by atoms with Crippen LogP contribution in [0.3, 0.4) is 0 Å². The van der Waals surface area contributed by atoms with Crippen molar-refractivity contribution in [3.63, 3.8) is 0 Å². The molecule has 4 rings (SSSR count). The lowest BCUT2D eigenvalue weighted by atomic mass is 10.1. The van der Waals surface area contributed by atoms with Gasteiger partial charge >= 0.3 is 0 Å². The Bertz CT molecular complexity index is 1450. The largest absolute Gasteiger partial charge is 0.321 e. The lowest BCUT2D eigenvalue weighted by Gasteiger charge is -2.12. The van der Waals surface area contributed by atoms with E-state index in [-0.39, 0.29) is 11.5 Å². The molecule has 0 saturated heterocycles. The number of halogens is 1.